The van der Waals surface area contributed by atoms with Crippen LogP contribution in [0.1, 0.15) is 28.9 Å². The maximum Gasteiger partial charge on any atom is 0.338 e. The summed E-state index contributed by atoms with van der Waals surface area (Å²) in [4.78, 5) is 10.8. The molecule has 27 heavy (non-hydrogen) atoms. The van der Waals surface area contributed by atoms with Crippen molar-refractivity contribution in [3.8, 4) is 5.88 Å². The first-order chi connectivity index (χ1) is 12.8. The highest BCUT2D eigenvalue weighted by molar-refractivity contribution is 7.89. The summed E-state index contributed by atoms with van der Waals surface area (Å²) >= 11 is 0. The summed E-state index contributed by atoms with van der Waals surface area (Å²) in [7, 11) is -3.98. The highest BCUT2D eigenvalue weighted by atomic mass is 32.2. The number of rotatable bonds is 5. The Kier molecular flexibility index (Phi) is 5.38. The van der Waals surface area contributed by atoms with E-state index < -0.39 is 33.5 Å². The van der Waals surface area contributed by atoms with E-state index in [0.29, 0.717) is 18.7 Å². The number of carbonyl (C=O) groups is 1. The van der Waals surface area contributed by atoms with Crippen molar-refractivity contribution in [2.24, 2.45) is 0 Å². The molecule has 3 rings (SSSR count). The first kappa shape index (κ1) is 19.2. The van der Waals surface area contributed by atoms with Gasteiger partial charge >= 0.3 is 5.97 Å². The van der Waals surface area contributed by atoms with Gasteiger partial charge in [0.05, 0.1) is 22.7 Å². The van der Waals surface area contributed by atoms with Gasteiger partial charge in [0.25, 0.3) is 0 Å². The number of aromatic nitrogens is 2. The summed E-state index contributed by atoms with van der Waals surface area (Å²) in [5.74, 6) is -2.21. The first-order valence-corrected chi connectivity index (χ1v) is 9.71. The van der Waals surface area contributed by atoms with Crippen molar-refractivity contribution in [2.75, 3.05) is 13.1 Å². The Morgan fingerprint density at radius 2 is 2.07 bits per heavy atom. The average molecular weight is 395 g/mol. The third kappa shape index (κ3) is 4.22. The fourth-order valence-electron chi connectivity index (χ4n) is 2.82. The predicted octanol–water partition coefficient (Wildman–Crippen LogP) is 1.85. The number of halogens is 1. The SMILES string of the molecule is Cc1ccc(OC2CCCN(S(=O)(=O)c3ccc(F)c(C(=O)O)c3)C2)nn1. The van der Waals surface area contributed by atoms with Gasteiger partial charge in [-0.2, -0.15) is 9.40 Å². The molecule has 1 unspecified atom stereocenters. The van der Waals surface area contributed by atoms with Crippen LogP contribution in [-0.2, 0) is 10.0 Å². The lowest BCUT2D eigenvalue weighted by Gasteiger charge is -2.31. The number of piperidine rings is 1. The van der Waals surface area contributed by atoms with Gasteiger partial charge in [0.1, 0.15) is 11.9 Å². The zero-order valence-electron chi connectivity index (χ0n) is 14.5. The highest BCUT2D eigenvalue weighted by Gasteiger charge is 2.32. The van der Waals surface area contributed by atoms with Crippen LogP contribution in [0.2, 0.25) is 0 Å². The molecule has 1 saturated heterocycles. The number of ether oxygens (including phenoxy) is 1. The summed E-state index contributed by atoms with van der Waals surface area (Å²) < 4.78 is 46.2. The lowest BCUT2D eigenvalue weighted by molar-refractivity contribution is 0.0691. The van der Waals surface area contributed by atoms with Crippen LogP contribution < -0.4 is 4.74 Å². The number of nitrogens with zero attached hydrogens (tertiary/aromatic N) is 3. The fraction of sp³-hybridized carbons (Fsp3) is 0.353. The van der Waals surface area contributed by atoms with Crippen LogP contribution >= 0.6 is 0 Å². The van der Waals surface area contributed by atoms with Gasteiger partial charge in [-0.15, -0.1) is 5.10 Å². The van der Waals surface area contributed by atoms with Crippen LogP contribution in [0.5, 0.6) is 5.88 Å². The lowest BCUT2D eigenvalue weighted by atomic mass is 10.1. The monoisotopic (exact) mass is 395 g/mol. The molecule has 1 aliphatic rings. The molecular weight excluding hydrogens is 377 g/mol. The Bertz CT molecular complexity index is 950. The topological polar surface area (TPSA) is 110 Å². The fourth-order valence-corrected chi connectivity index (χ4v) is 4.35. The summed E-state index contributed by atoms with van der Waals surface area (Å²) in [5, 5.41) is 16.8. The van der Waals surface area contributed by atoms with E-state index in [1.54, 1.807) is 19.1 Å². The van der Waals surface area contributed by atoms with Gasteiger partial charge in [-0.1, -0.05) is 0 Å². The van der Waals surface area contributed by atoms with Gasteiger partial charge in [0, 0.05) is 12.6 Å². The van der Waals surface area contributed by atoms with Crippen LogP contribution in [-0.4, -0.2) is 53.2 Å². The van der Waals surface area contributed by atoms with Crippen molar-refractivity contribution in [1.29, 1.82) is 0 Å². The number of carboxylic acid groups (broad SMARTS) is 1. The molecule has 1 aromatic carbocycles. The minimum absolute atomic E-state index is 0.0810. The summed E-state index contributed by atoms with van der Waals surface area (Å²) in [6.45, 7) is 2.14. The Morgan fingerprint density at radius 1 is 1.30 bits per heavy atom. The van der Waals surface area contributed by atoms with Crippen LogP contribution in [0.25, 0.3) is 0 Å². The van der Waals surface area contributed by atoms with Crippen LogP contribution in [0.15, 0.2) is 35.2 Å². The van der Waals surface area contributed by atoms with E-state index in [1.165, 1.54) is 4.31 Å². The molecule has 0 amide bonds. The molecule has 1 N–H and O–H groups in total. The molecule has 0 bridgehead atoms. The van der Waals surface area contributed by atoms with E-state index in [9.17, 15) is 17.6 Å². The van der Waals surface area contributed by atoms with Crippen molar-refractivity contribution < 1.29 is 27.4 Å². The van der Waals surface area contributed by atoms with Crippen molar-refractivity contribution in [3.05, 3.63) is 47.4 Å². The van der Waals surface area contributed by atoms with Gasteiger partial charge in [-0.25, -0.2) is 17.6 Å². The molecule has 0 spiro atoms. The molecule has 0 aliphatic carbocycles. The molecule has 1 fully saturated rings. The summed E-state index contributed by atoms with van der Waals surface area (Å²) in [6.07, 6.45) is 0.798. The third-order valence-electron chi connectivity index (χ3n) is 4.21. The molecular formula is C17H18FN3O5S. The highest BCUT2D eigenvalue weighted by Crippen LogP contribution is 2.24. The van der Waals surface area contributed by atoms with E-state index in [4.69, 9.17) is 9.84 Å². The Balaban J connectivity index is 1.79. The standard InChI is InChI=1S/C17H18FN3O5S/c1-11-4-7-16(20-19-11)26-12-3-2-8-21(10-12)27(24,25)13-5-6-15(18)14(9-13)17(22)23/h4-7,9,12H,2-3,8,10H2,1H3,(H,22,23). The smallest absolute Gasteiger partial charge is 0.338 e. The zero-order chi connectivity index (χ0) is 19.6. The van der Waals surface area contributed by atoms with E-state index in [2.05, 4.69) is 10.2 Å². The van der Waals surface area contributed by atoms with Gasteiger partial charge in [-0.05, 0) is 44.0 Å². The first-order valence-electron chi connectivity index (χ1n) is 8.27. The Hall–Kier alpha value is -2.59. The lowest BCUT2D eigenvalue weighted by Crippen LogP contribution is -2.44. The minimum atomic E-state index is -3.98. The maximum atomic E-state index is 13.6. The van der Waals surface area contributed by atoms with Gasteiger partial charge in [0.2, 0.25) is 15.9 Å². The molecule has 144 valence electrons. The molecule has 1 atom stereocenters. The third-order valence-corrected chi connectivity index (χ3v) is 6.07. The number of aromatic carboxylic acids is 1. The average Bonchev–Trinajstić information content (AvgIpc) is 2.64. The van der Waals surface area contributed by atoms with E-state index >= 15 is 0 Å². The van der Waals surface area contributed by atoms with Gasteiger partial charge in [-0.3, -0.25) is 0 Å². The molecule has 10 heteroatoms. The molecule has 1 aromatic heterocycles. The molecule has 1 aliphatic heterocycles. The number of carboxylic acids is 1. The van der Waals surface area contributed by atoms with Crippen molar-refractivity contribution in [2.45, 2.75) is 30.8 Å². The number of benzene rings is 1. The second kappa shape index (κ2) is 7.57. The number of aryl methyl sites for hydroxylation is 1. The second-order valence-electron chi connectivity index (χ2n) is 6.20. The van der Waals surface area contributed by atoms with Crippen molar-refractivity contribution in [1.82, 2.24) is 14.5 Å². The van der Waals surface area contributed by atoms with Crippen LogP contribution in [0.3, 0.4) is 0 Å². The molecule has 2 aromatic rings. The Morgan fingerprint density at radius 3 is 2.74 bits per heavy atom. The number of sulfonamides is 1. The maximum absolute atomic E-state index is 13.6. The Labute approximate surface area is 155 Å². The van der Waals surface area contributed by atoms with E-state index in [1.807, 2.05) is 0 Å². The van der Waals surface area contributed by atoms with Gasteiger partial charge < -0.3 is 9.84 Å². The zero-order valence-corrected chi connectivity index (χ0v) is 15.3. The number of hydrogen-bond acceptors (Lipinski definition) is 6. The summed E-state index contributed by atoms with van der Waals surface area (Å²) in [5.41, 5.74) is 0.0524. The second-order valence-corrected chi connectivity index (χ2v) is 8.14. The molecule has 0 saturated carbocycles. The number of hydrogen-bond donors (Lipinski definition) is 1. The molecule has 8 nitrogen and oxygen atoms in total. The normalized spacial score (nSPS) is 18.2. The quantitative estimate of drug-likeness (QED) is 0.823. The van der Waals surface area contributed by atoms with Gasteiger partial charge in [0.15, 0.2) is 0 Å². The van der Waals surface area contributed by atoms with Crippen LogP contribution in [0.4, 0.5) is 4.39 Å². The minimum Gasteiger partial charge on any atom is -0.478 e. The largest absolute Gasteiger partial charge is 0.478 e. The van der Waals surface area contributed by atoms with Crippen molar-refractivity contribution in [3.63, 3.8) is 0 Å². The van der Waals surface area contributed by atoms with Crippen LogP contribution in [0, 0.1) is 12.7 Å². The molecule has 2 heterocycles. The van der Waals surface area contributed by atoms with E-state index in [0.717, 1.165) is 23.9 Å². The molecule has 0 radical (unpaired) electrons. The summed E-state index contributed by atoms with van der Waals surface area (Å²) in [6, 6.07) is 6.15. The van der Waals surface area contributed by atoms with E-state index in [-0.39, 0.29) is 18.0 Å². The predicted molar refractivity (Wildman–Crippen MR) is 92.5 cm³/mol. The van der Waals surface area contributed by atoms with Crippen molar-refractivity contribution >= 4 is 16.0 Å².